The van der Waals surface area contributed by atoms with Crippen LogP contribution in [0.5, 0.6) is 0 Å². The summed E-state index contributed by atoms with van der Waals surface area (Å²) >= 11 is 0. The third-order valence-electron chi connectivity index (χ3n) is 5.03. The molecule has 0 spiro atoms. The van der Waals surface area contributed by atoms with Gasteiger partial charge < -0.3 is 0 Å². The summed E-state index contributed by atoms with van der Waals surface area (Å²) in [5.74, 6) is 0.789. The highest BCUT2D eigenvalue weighted by Crippen LogP contribution is 2.40. The van der Waals surface area contributed by atoms with E-state index in [0.717, 1.165) is 12.0 Å². The molecule has 1 saturated carbocycles. The van der Waals surface area contributed by atoms with Crippen molar-refractivity contribution in [1.82, 2.24) is 4.31 Å². The number of ketones is 1. The summed E-state index contributed by atoms with van der Waals surface area (Å²) in [5, 5.41) is 0. The average molecular weight is 307 g/mol. The van der Waals surface area contributed by atoms with Crippen molar-refractivity contribution in [1.29, 1.82) is 0 Å². The Morgan fingerprint density at radius 1 is 1.14 bits per heavy atom. The normalized spacial score (nSPS) is 30.4. The SMILES string of the molecule is Cc1ccc(S(=O)(=O)N2C[C@H]3CCC(=O)[C@@H](C)[C@@H]3C2)cc1. The van der Waals surface area contributed by atoms with Gasteiger partial charge in [0.15, 0.2) is 0 Å². The summed E-state index contributed by atoms with van der Waals surface area (Å²) in [6.07, 6.45) is 1.43. The first-order valence-electron chi connectivity index (χ1n) is 7.49. The number of benzene rings is 1. The minimum atomic E-state index is -3.43. The molecule has 3 rings (SSSR count). The maximum absolute atomic E-state index is 12.7. The van der Waals surface area contributed by atoms with Crippen LogP contribution in [0.2, 0.25) is 0 Å². The second kappa shape index (κ2) is 5.21. The zero-order valence-electron chi connectivity index (χ0n) is 12.5. The molecule has 114 valence electrons. The Bertz CT molecular complexity index is 651. The topological polar surface area (TPSA) is 54.5 Å². The number of Topliss-reactive ketones (excluding diaryl/α,β-unsaturated/α-hetero) is 1. The lowest BCUT2D eigenvalue weighted by Gasteiger charge is -2.28. The molecule has 1 aliphatic heterocycles. The summed E-state index contributed by atoms with van der Waals surface area (Å²) in [7, 11) is -3.43. The highest BCUT2D eigenvalue weighted by Gasteiger charge is 2.45. The van der Waals surface area contributed by atoms with Crippen LogP contribution in [0.15, 0.2) is 29.2 Å². The second-order valence-corrected chi connectivity index (χ2v) is 8.29. The Morgan fingerprint density at radius 3 is 2.48 bits per heavy atom. The van der Waals surface area contributed by atoms with Crippen LogP contribution in [-0.2, 0) is 14.8 Å². The number of rotatable bonds is 2. The molecule has 1 aromatic carbocycles. The van der Waals surface area contributed by atoms with Gasteiger partial charge in [-0.3, -0.25) is 4.79 Å². The van der Waals surface area contributed by atoms with Crippen molar-refractivity contribution < 1.29 is 13.2 Å². The van der Waals surface area contributed by atoms with Crippen LogP contribution in [-0.4, -0.2) is 31.6 Å². The van der Waals surface area contributed by atoms with Crippen molar-refractivity contribution in [2.24, 2.45) is 17.8 Å². The summed E-state index contributed by atoms with van der Waals surface area (Å²) in [6, 6.07) is 6.98. The van der Waals surface area contributed by atoms with E-state index in [0.29, 0.717) is 30.3 Å². The first-order chi connectivity index (χ1) is 9.89. The molecule has 0 amide bonds. The van der Waals surface area contributed by atoms with Crippen LogP contribution in [0, 0.1) is 24.7 Å². The lowest BCUT2D eigenvalue weighted by atomic mass is 9.74. The van der Waals surface area contributed by atoms with Gasteiger partial charge in [0.2, 0.25) is 10.0 Å². The van der Waals surface area contributed by atoms with E-state index in [4.69, 9.17) is 0 Å². The molecular weight excluding hydrogens is 286 g/mol. The zero-order chi connectivity index (χ0) is 15.2. The van der Waals surface area contributed by atoms with E-state index in [1.165, 1.54) is 0 Å². The van der Waals surface area contributed by atoms with Crippen molar-refractivity contribution in [3.05, 3.63) is 29.8 Å². The van der Waals surface area contributed by atoms with Gasteiger partial charge in [0.05, 0.1) is 4.90 Å². The molecule has 1 aliphatic carbocycles. The molecule has 0 bridgehead atoms. The smallest absolute Gasteiger partial charge is 0.243 e. The van der Waals surface area contributed by atoms with Gasteiger partial charge in [-0.2, -0.15) is 4.31 Å². The zero-order valence-corrected chi connectivity index (χ0v) is 13.3. The minimum Gasteiger partial charge on any atom is -0.299 e. The van der Waals surface area contributed by atoms with Crippen LogP contribution in [0.4, 0.5) is 0 Å². The quantitative estimate of drug-likeness (QED) is 0.842. The number of nitrogens with zero attached hydrogens (tertiary/aromatic N) is 1. The molecule has 1 aromatic rings. The molecule has 3 atom stereocenters. The van der Waals surface area contributed by atoms with Crippen LogP contribution in [0.1, 0.15) is 25.3 Å². The number of sulfonamides is 1. The maximum Gasteiger partial charge on any atom is 0.243 e. The Hall–Kier alpha value is -1.20. The van der Waals surface area contributed by atoms with E-state index in [1.54, 1.807) is 16.4 Å². The van der Waals surface area contributed by atoms with Gasteiger partial charge >= 0.3 is 0 Å². The van der Waals surface area contributed by atoms with E-state index >= 15 is 0 Å². The van der Waals surface area contributed by atoms with Crippen molar-refractivity contribution in [2.75, 3.05) is 13.1 Å². The summed E-state index contributed by atoms with van der Waals surface area (Å²) < 4.78 is 27.0. The predicted molar refractivity (Wildman–Crippen MR) is 80.3 cm³/mol. The van der Waals surface area contributed by atoms with Crippen molar-refractivity contribution >= 4 is 15.8 Å². The van der Waals surface area contributed by atoms with Crippen LogP contribution in [0.3, 0.4) is 0 Å². The van der Waals surface area contributed by atoms with Gasteiger partial charge in [0, 0.05) is 25.4 Å². The summed E-state index contributed by atoms with van der Waals surface area (Å²) in [6.45, 7) is 4.92. The van der Waals surface area contributed by atoms with E-state index in [2.05, 4.69) is 0 Å². The molecule has 0 N–H and O–H groups in total. The van der Waals surface area contributed by atoms with Gasteiger partial charge in [-0.15, -0.1) is 0 Å². The number of aryl methyl sites for hydroxylation is 1. The minimum absolute atomic E-state index is 0.0121. The monoisotopic (exact) mass is 307 g/mol. The standard InChI is InChI=1S/C16H21NO3S/c1-11-3-6-14(7-4-11)21(19,20)17-9-13-5-8-16(18)12(2)15(13)10-17/h3-4,6-7,12-13,15H,5,8-10H2,1-2H3/t12-,13+,15-/m0/s1. The molecular formula is C16H21NO3S. The molecule has 1 heterocycles. The van der Waals surface area contributed by atoms with Gasteiger partial charge in [-0.1, -0.05) is 24.6 Å². The van der Waals surface area contributed by atoms with Crippen molar-refractivity contribution in [2.45, 2.75) is 31.6 Å². The predicted octanol–water partition coefficient (Wildman–Crippen LogP) is 2.23. The maximum atomic E-state index is 12.7. The third-order valence-corrected chi connectivity index (χ3v) is 6.87. The van der Waals surface area contributed by atoms with Crippen LogP contribution >= 0.6 is 0 Å². The van der Waals surface area contributed by atoms with Gasteiger partial charge in [0.1, 0.15) is 5.78 Å². The molecule has 1 saturated heterocycles. The molecule has 5 heteroatoms. The van der Waals surface area contributed by atoms with Crippen LogP contribution in [0.25, 0.3) is 0 Å². The Kier molecular flexibility index (Phi) is 3.66. The lowest BCUT2D eigenvalue weighted by Crippen LogP contribution is -2.32. The highest BCUT2D eigenvalue weighted by atomic mass is 32.2. The van der Waals surface area contributed by atoms with Crippen LogP contribution < -0.4 is 0 Å². The average Bonchev–Trinajstić information content (AvgIpc) is 2.89. The van der Waals surface area contributed by atoms with Gasteiger partial charge in [-0.25, -0.2) is 8.42 Å². The second-order valence-electron chi connectivity index (χ2n) is 6.35. The molecule has 2 aliphatic rings. The number of carbonyl (C=O) groups excluding carboxylic acids is 1. The molecule has 2 fully saturated rings. The Balaban J connectivity index is 1.85. The Labute approximate surface area is 126 Å². The first-order valence-corrected chi connectivity index (χ1v) is 8.93. The fourth-order valence-corrected chi connectivity index (χ4v) is 5.11. The number of carbonyl (C=O) groups is 1. The molecule has 21 heavy (non-hydrogen) atoms. The fraction of sp³-hybridized carbons (Fsp3) is 0.562. The number of hydrogen-bond acceptors (Lipinski definition) is 3. The third kappa shape index (κ3) is 2.53. The molecule has 0 aromatic heterocycles. The van der Waals surface area contributed by atoms with Crippen molar-refractivity contribution in [3.8, 4) is 0 Å². The first kappa shape index (κ1) is 14.7. The van der Waals surface area contributed by atoms with E-state index in [9.17, 15) is 13.2 Å². The fourth-order valence-electron chi connectivity index (χ4n) is 3.58. The molecule has 0 radical (unpaired) electrons. The molecule has 4 nitrogen and oxygen atoms in total. The Morgan fingerprint density at radius 2 is 1.81 bits per heavy atom. The largest absolute Gasteiger partial charge is 0.299 e. The molecule has 0 unspecified atom stereocenters. The van der Waals surface area contributed by atoms with E-state index in [-0.39, 0.29) is 17.6 Å². The summed E-state index contributed by atoms with van der Waals surface area (Å²) in [5.41, 5.74) is 1.04. The van der Waals surface area contributed by atoms with Gasteiger partial charge in [-0.05, 0) is 37.3 Å². The van der Waals surface area contributed by atoms with E-state index in [1.807, 2.05) is 26.0 Å². The van der Waals surface area contributed by atoms with E-state index < -0.39 is 10.0 Å². The summed E-state index contributed by atoms with van der Waals surface area (Å²) in [4.78, 5) is 12.2. The number of hydrogen-bond donors (Lipinski definition) is 0. The number of fused-ring (bicyclic) bond motifs is 1. The van der Waals surface area contributed by atoms with Gasteiger partial charge in [0.25, 0.3) is 0 Å². The highest BCUT2D eigenvalue weighted by molar-refractivity contribution is 7.89. The van der Waals surface area contributed by atoms with Crippen molar-refractivity contribution in [3.63, 3.8) is 0 Å². The lowest BCUT2D eigenvalue weighted by molar-refractivity contribution is -0.126.